The largest absolute Gasteiger partial charge is 0.486 e. The standard InChI is InChI=1S/C27H35N5O3/c1-18(15-30-27(33)25-13-23(10-11-29-25)32-22-4-3-5-22)6-7-20-8-9-24(12-21(20)14-28)34-16-26-19(2)31-17-35-26/h8-13,17-18,22H,3-7,14-16,28H2,1-2H3,(H,29,32)(H,30,33)/t18-/m0/s1. The Morgan fingerprint density at radius 3 is 2.80 bits per heavy atom. The first-order valence-electron chi connectivity index (χ1n) is 12.4. The highest BCUT2D eigenvalue weighted by molar-refractivity contribution is 5.93. The molecule has 35 heavy (non-hydrogen) atoms. The molecule has 186 valence electrons. The normalized spacial score (nSPS) is 14.3. The van der Waals surface area contributed by atoms with E-state index in [2.05, 4.69) is 33.6 Å². The summed E-state index contributed by atoms with van der Waals surface area (Å²) in [5.74, 6) is 1.65. The number of carbonyl (C=O) groups excluding carboxylic acids is 1. The summed E-state index contributed by atoms with van der Waals surface area (Å²) >= 11 is 0. The summed E-state index contributed by atoms with van der Waals surface area (Å²) in [6, 6.07) is 10.3. The van der Waals surface area contributed by atoms with Gasteiger partial charge < -0.3 is 25.5 Å². The molecule has 0 spiro atoms. The second-order valence-corrected chi connectivity index (χ2v) is 9.34. The first-order valence-corrected chi connectivity index (χ1v) is 12.4. The van der Waals surface area contributed by atoms with Crippen LogP contribution in [-0.4, -0.2) is 28.5 Å². The lowest BCUT2D eigenvalue weighted by atomic mass is 9.93. The van der Waals surface area contributed by atoms with Crippen LogP contribution in [0.15, 0.2) is 47.3 Å². The van der Waals surface area contributed by atoms with Gasteiger partial charge in [-0.15, -0.1) is 0 Å². The summed E-state index contributed by atoms with van der Waals surface area (Å²) in [7, 11) is 0. The number of aryl methyl sites for hydroxylation is 2. The minimum Gasteiger partial charge on any atom is -0.486 e. The van der Waals surface area contributed by atoms with Crippen molar-refractivity contribution in [2.24, 2.45) is 11.7 Å². The van der Waals surface area contributed by atoms with Crippen LogP contribution in [0.2, 0.25) is 0 Å². The maximum Gasteiger partial charge on any atom is 0.269 e. The van der Waals surface area contributed by atoms with Crippen LogP contribution in [0.5, 0.6) is 5.75 Å². The van der Waals surface area contributed by atoms with E-state index in [1.165, 1.54) is 31.2 Å². The van der Waals surface area contributed by atoms with E-state index in [1.807, 2.05) is 31.2 Å². The summed E-state index contributed by atoms with van der Waals surface area (Å²) in [5, 5.41) is 6.49. The van der Waals surface area contributed by atoms with Gasteiger partial charge >= 0.3 is 0 Å². The Labute approximate surface area is 206 Å². The molecule has 0 bridgehead atoms. The van der Waals surface area contributed by atoms with Gasteiger partial charge in [-0.05, 0) is 80.3 Å². The molecule has 4 N–H and O–H groups in total. The van der Waals surface area contributed by atoms with Crippen molar-refractivity contribution < 1.29 is 13.9 Å². The predicted molar refractivity (Wildman–Crippen MR) is 135 cm³/mol. The van der Waals surface area contributed by atoms with Gasteiger partial charge in [0, 0.05) is 31.0 Å². The molecule has 1 atom stereocenters. The second kappa shape index (κ2) is 11.8. The molecule has 4 rings (SSSR count). The van der Waals surface area contributed by atoms with Crippen molar-refractivity contribution >= 4 is 11.6 Å². The molecule has 1 saturated carbocycles. The monoisotopic (exact) mass is 477 g/mol. The van der Waals surface area contributed by atoms with Gasteiger partial charge in [-0.3, -0.25) is 9.78 Å². The van der Waals surface area contributed by atoms with Crippen LogP contribution in [0.1, 0.15) is 65.7 Å². The number of pyridine rings is 1. The van der Waals surface area contributed by atoms with E-state index in [1.54, 1.807) is 6.20 Å². The van der Waals surface area contributed by atoms with Gasteiger partial charge in [0.05, 0.1) is 5.69 Å². The van der Waals surface area contributed by atoms with Gasteiger partial charge in [-0.1, -0.05) is 13.0 Å². The molecular weight excluding hydrogens is 442 g/mol. The lowest BCUT2D eigenvalue weighted by Gasteiger charge is -2.27. The minimum atomic E-state index is -0.139. The lowest BCUT2D eigenvalue weighted by molar-refractivity contribution is 0.0942. The SMILES string of the molecule is Cc1ncoc1COc1ccc(CC[C@H](C)CNC(=O)c2cc(NC3CCC3)ccn2)c(CN)c1. The van der Waals surface area contributed by atoms with Gasteiger partial charge in [0.2, 0.25) is 0 Å². The molecule has 1 amide bonds. The summed E-state index contributed by atoms with van der Waals surface area (Å²) in [4.78, 5) is 20.9. The molecule has 3 aromatic rings. The molecule has 0 aliphatic heterocycles. The summed E-state index contributed by atoms with van der Waals surface area (Å²) in [5.41, 5.74) is 10.5. The Hall–Kier alpha value is -3.39. The number of ether oxygens (including phenoxy) is 1. The molecule has 1 aromatic carbocycles. The number of hydrogen-bond acceptors (Lipinski definition) is 7. The Balaban J connectivity index is 1.24. The van der Waals surface area contributed by atoms with E-state index in [0.29, 0.717) is 37.4 Å². The molecular formula is C27H35N5O3. The number of hydrogen-bond donors (Lipinski definition) is 3. The van der Waals surface area contributed by atoms with Crippen LogP contribution >= 0.6 is 0 Å². The Bertz CT molecular complexity index is 1130. The fourth-order valence-corrected chi connectivity index (χ4v) is 4.03. The topological polar surface area (TPSA) is 115 Å². The molecule has 1 aliphatic carbocycles. The van der Waals surface area contributed by atoms with E-state index in [-0.39, 0.29) is 5.91 Å². The lowest BCUT2D eigenvalue weighted by Crippen LogP contribution is -2.30. The fourth-order valence-electron chi connectivity index (χ4n) is 4.03. The van der Waals surface area contributed by atoms with E-state index in [9.17, 15) is 4.79 Å². The molecule has 1 aliphatic rings. The van der Waals surface area contributed by atoms with E-state index in [0.717, 1.165) is 41.3 Å². The van der Waals surface area contributed by atoms with E-state index >= 15 is 0 Å². The molecule has 0 saturated heterocycles. The Kier molecular flexibility index (Phi) is 8.36. The van der Waals surface area contributed by atoms with Crippen molar-refractivity contribution in [2.75, 3.05) is 11.9 Å². The minimum absolute atomic E-state index is 0.139. The average molecular weight is 478 g/mol. The van der Waals surface area contributed by atoms with E-state index in [4.69, 9.17) is 14.9 Å². The number of benzene rings is 1. The van der Waals surface area contributed by atoms with Crippen LogP contribution in [0.3, 0.4) is 0 Å². The van der Waals surface area contributed by atoms with Crippen LogP contribution in [-0.2, 0) is 19.6 Å². The summed E-state index contributed by atoms with van der Waals surface area (Å²) in [6.07, 6.45) is 8.56. The van der Waals surface area contributed by atoms with Crippen molar-refractivity contribution in [3.8, 4) is 5.75 Å². The van der Waals surface area contributed by atoms with Crippen molar-refractivity contribution in [1.29, 1.82) is 0 Å². The number of anilines is 1. The third-order valence-electron chi connectivity index (χ3n) is 6.60. The summed E-state index contributed by atoms with van der Waals surface area (Å²) in [6.45, 7) is 5.40. The highest BCUT2D eigenvalue weighted by Crippen LogP contribution is 2.24. The number of oxazole rings is 1. The Morgan fingerprint density at radius 1 is 1.23 bits per heavy atom. The number of aromatic nitrogens is 2. The van der Waals surface area contributed by atoms with Crippen molar-refractivity contribution in [3.63, 3.8) is 0 Å². The maximum absolute atomic E-state index is 12.6. The molecule has 1 fully saturated rings. The third-order valence-corrected chi connectivity index (χ3v) is 6.60. The molecule has 0 radical (unpaired) electrons. The number of rotatable bonds is 12. The van der Waals surface area contributed by atoms with Crippen LogP contribution < -0.4 is 21.1 Å². The smallest absolute Gasteiger partial charge is 0.269 e. The maximum atomic E-state index is 12.6. The number of nitrogens with two attached hydrogens (primary N) is 1. The number of amides is 1. The quantitative estimate of drug-likeness (QED) is 0.355. The molecule has 8 nitrogen and oxygen atoms in total. The third kappa shape index (κ3) is 6.82. The summed E-state index contributed by atoms with van der Waals surface area (Å²) < 4.78 is 11.2. The van der Waals surface area contributed by atoms with Gasteiger partial charge in [0.1, 0.15) is 18.1 Å². The molecule has 2 aromatic heterocycles. The zero-order chi connectivity index (χ0) is 24.6. The number of nitrogens with one attached hydrogen (secondary N) is 2. The van der Waals surface area contributed by atoms with Crippen LogP contribution in [0.25, 0.3) is 0 Å². The predicted octanol–water partition coefficient (Wildman–Crippen LogP) is 4.38. The van der Waals surface area contributed by atoms with Gasteiger partial charge in [-0.25, -0.2) is 4.98 Å². The van der Waals surface area contributed by atoms with Crippen molar-refractivity contribution in [3.05, 3.63) is 71.2 Å². The second-order valence-electron chi connectivity index (χ2n) is 9.34. The Morgan fingerprint density at radius 2 is 2.09 bits per heavy atom. The van der Waals surface area contributed by atoms with Gasteiger partial charge in [-0.2, -0.15) is 0 Å². The van der Waals surface area contributed by atoms with Gasteiger partial charge in [0.15, 0.2) is 12.2 Å². The number of carbonyl (C=O) groups is 1. The first kappa shape index (κ1) is 24.7. The van der Waals surface area contributed by atoms with Crippen LogP contribution in [0, 0.1) is 12.8 Å². The van der Waals surface area contributed by atoms with Gasteiger partial charge in [0.25, 0.3) is 5.91 Å². The van der Waals surface area contributed by atoms with Crippen LogP contribution in [0.4, 0.5) is 5.69 Å². The van der Waals surface area contributed by atoms with E-state index < -0.39 is 0 Å². The molecule has 0 unspecified atom stereocenters. The zero-order valence-electron chi connectivity index (χ0n) is 20.5. The zero-order valence-corrected chi connectivity index (χ0v) is 20.5. The highest BCUT2D eigenvalue weighted by Gasteiger charge is 2.18. The fraction of sp³-hybridized carbons (Fsp3) is 0.444. The number of nitrogens with zero attached hydrogens (tertiary/aromatic N) is 2. The molecule has 8 heteroatoms. The van der Waals surface area contributed by atoms with Crippen molar-refractivity contribution in [1.82, 2.24) is 15.3 Å². The first-order chi connectivity index (χ1) is 17.0. The molecule has 2 heterocycles. The average Bonchev–Trinajstić information content (AvgIpc) is 3.27. The van der Waals surface area contributed by atoms with Crippen molar-refractivity contribution in [2.45, 2.75) is 65.1 Å². The highest BCUT2D eigenvalue weighted by atomic mass is 16.5.